The first-order chi connectivity index (χ1) is 11.7. The van der Waals surface area contributed by atoms with Crippen LogP contribution in [-0.2, 0) is 17.8 Å². The van der Waals surface area contributed by atoms with Crippen molar-refractivity contribution in [2.24, 2.45) is 10.9 Å². The van der Waals surface area contributed by atoms with Gasteiger partial charge in [0, 0.05) is 33.8 Å². The Labute approximate surface area is 146 Å². The van der Waals surface area contributed by atoms with Gasteiger partial charge in [0.05, 0.1) is 6.61 Å². The molecule has 2 N–H and O–H groups in total. The van der Waals surface area contributed by atoms with E-state index >= 15 is 0 Å². The Bertz CT molecular complexity index is 510. The first-order valence-electron chi connectivity index (χ1n) is 8.95. The summed E-state index contributed by atoms with van der Waals surface area (Å²) >= 11 is 0. The van der Waals surface area contributed by atoms with E-state index in [0.717, 1.165) is 31.5 Å². The molecule has 1 saturated heterocycles. The Morgan fingerprint density at radius 1 is 1.25 bits per heavy atom. The molecule has 0 unspecified atom stereocenters. The Balaban J connectivity index is 1.81. The molecule has 1 aliphatic heterocycles. The van der Waals surface area contributed by atoms with Gasteiger partial charge in [0.15, 0.2) is 5.96 Å². The molecule has 1 aliphatic rings. The van der Waals surface area contributed by atoms with Gasteiger partial charge in [0.1, 0.15) is 0 Å². The molecule has 2 rings (SSSR count). The third kappa shape index (κ3) is 6.49. The van der Waals surface area contributed by atoms with Crippen LogP contribution in [0.1, 0.15) is 30.9 Å². The first kappa shape index (κ1) is 18.7. The van der Waals surface area contributed by atoms with Crippen LogP contribution in [0.3, 0.4) is 0 Å². The van der Waals surface area contributed by atoms with Crippen LogP contribution in [0.25, 0.3) is 0 Å². The molecule has 0 spiro atoms. The van der Waals surface area contributed by atoms with Crippen LogP contribution >= 0.6 is 0 Å². The van der Waals surface area contributed by atoms with E-state index in [-0.39, 0.29) is 0 Å². The second-order valence-corrected chi connectivity index (χ2v) is 6.62. The number of likely N-dealkylation sites (tertiary alicyclic amines) is 1. The van der Waals surface area contributed by atoms with Gasteiger partial charge in [-0.3, -0.25) is 9.89 Å². The van der Waals surface area contributed by atoms with Crippen LogP contribution in [0.4, 0.5) is 0 Å². The van der Waals surface area contributed by atoms with Crippen LogP contribution < -0.4 is 10.6 Å². The second-order valence-electron chi connectivity index (χ2n) is 6.62. The summed E-state index contributed by atoms with van der Waals surface area (Å²) in [6.07, 6.45) is 2.65. The number of nitrogens with one attached hydrogen (secondary N) is 2. The van der Waals surface area contributed by atoms with Crippen molar-refractivity contribution in [2.75, 3.05) is 40.4 Å². The van der Waals surface area contributed by atoms with Crippen LogP contribution in [0, 0.1) is 5.92 Å². The number of hydrogen-bond acceptors (Lipinski definition) is 3. The fourth-order valence-electron chi connectivity index (χ4n) is 2.99. The molecule has 0 amide bonds. The van der Waals surface area contributed by atoms with Gasteiger partial charge in [0.2, 0.25) is 0 Å². The van der Waals surface area contributed by atoms with E-state index in [1.807, 2.05) is 0 Å². The monoisotopic (exact) mass is 332 g/mol. The quantitative estimate of drug-likeness (QED) is 0.457. The molecule has 1 aromatic carbocycles. The number of benzene rings is 1. The number of guanidine groups is 1. The summed E-state index contributed by atoms with van der Waals surface area (Å²) < 4.78 is 5.04. The average molecular weight is 332 g/mol. The van der Waals surface area contributed by atoms with E-state index in [0.29, 0.717) is 6.61 Å². The minimum absolute atomic E-state index is 0.671. The Kier molecular flexibility index (Phi) is 8.05. The molecule has 1 fully saturated rings. The van der Waals surface area contributed by atoms with Gasteiger partial charge in [-0.1, -0.05) is 31.2 Å². The number of ether oxygens (including phenoxy) is 1. The molecule has 0 saturated carbocycles. The predicted octanol–water partition coefficient (Wildman–Crippen LogP) is 2.23. The zero-order valence-corrected chi connectivity index (χ0v) is 15.3. The van der Waals surface area contributed by atoms with Crippen molar-refractivity contribution in [3.63, 3.8) is 0 Å². The minimum atomic E-state index is 0.671. The molecule has 5 heteroatoms. The molecule has 134 valence electrons. The van der Waals surface area contributed by atoms with Crippen LogP contribution in [-0.4, -0.2) is 51.3 Å². The fraction of sp³-hybridized carbons (Fsp3) is 0.632. The summed E-state index contributed by atoms with van der Waals surface area (Å²) in [7, 11) is 3.49. The van der Waals surface area contributed by atoms with Crippen molar-refractivity contribution in [1.29, 1.82) is 0 Å². The summed E-state index contributed by atoms with van der Waals surface area (Å²) in [6.45, 7) is 8.06. The standard InChI is InChI=1S/C19H32N4O/c1-16-7-10-23(11-8-16)15-18-6-4-5-17(13-18)14-22-19(20-2)21-9-12-24-3/h4-6,13,16H,7-12,14-15H2,1-3H3,(H2,20,21,22). The van der Waals surface area contributed by atoms with E-state index in [1.165, 1.54) is 37.1 Å². The zero-order valence-electron chi connectivity index (χ0n) is 15.3. The van der Waals surface area contributed by atoms with Crippen molar-refractivity contribution in [2.45, 2.75) is 32.9 Å². The van der Waals surface area contributed by atoms with E-state index in [1.54, 1.807) is 14.2 Å². The second kappa shape index (κ2) is 10.3. The highest BCUT2D eigenvalue weighted by atomic mass is 16.5. The lowest BCUT2D eigenvalue weighted by molar-refractivity contribution is 0.185. The third-order valence-corrected chi connectivity index (χ3v) is 4.56. The highest BCUT2D eigenvalue weighted by Crippen LogP contribution is 2.18. The van der Waals surface area contributed by atoms with Gasteiger partial charge >= 0.3 is 0 Å². The van der Waals surface area contributed by atoms with E-state index in [2.05, 4.69) is 51.7 Å². The van der Waals surface area contributed by atoms with Crippen LogP contribution in [0.5, 0.6) is 0 Å². The number of piperidine rings is 1. The molecule has 0 atom stereocenters. The molecule has 0 radical (unpaired) electrons. The molecule has 24 heavy (non-hydrogen) atoms. The van der Waals surface area contributed by atoms with Gasteiger partial charge in [-0.15, -0.1) is 0 Å². The van der Waals surface area contributed by atoms with Crippen molar-refractivity contribution in [3.05, 3.63) is 35.4 Å². The topological polar surface area (TPSA) is 48.9 Å². The highest BCUT2D eigenvalue weighted by Gasteiger charge is 2.15. The maximum Gasteiger partial charge on any atom is 0.191 e. The Morgan fingerprint density at radius 2 is 2.00 bits per heavy atom. The minimum Gasteiger partial charge on any atom is -0.383 e. The number of hydrogen-bond donors (Lipinski definition) is 2. The maximum atomic E-state index is 5.04. The molecule has 1 aromatic rings. The average Bonchev–Trinajstić information content (AvgIpc) is 2.60. The SMILES string of the molecule is CN=C(NCCOC)NCc1cccc(CN2CCC(C)CC2)c1. The number of aliphatic imine (C=N–C) groups is 1. The van der Waals surface area contributed by atoms with E-state index in [4.69, 9.17) is 4.74 Å². The predicted molar refractivity (Wildman–Crippen MR) is 100 cm³/mol. The highest BCUT2D eigenvalue weighted by molar-refractivity contribution is 5.79. The molecular formula is C19H32N4O. The summed E-state index contributed by atoms with van der Waals surface area (Å²) in [5.74, 6) is 1.69. The van der Waals surface area contributed by atoms with Crippen molar-refractivity contribution in [3.8, 4) is 0 Å². The first-order valence-corrected chi connectivity index (χ1v) is 8.95. The lowest BCUT2D eigenvalue weighted by Gasteiger charge is -2.30. The number of nitrogens with zero attached hydrogens (tertiary/aromatic N) is 2. The third-order valence-electron chi connectivity index (χ3n) is 4.56. The van der Waals surface area contributed by atoms with Gasteiger partial charge in [0.25, 0.3) is 0 Å². The summed E-state index contributed by atoms with van der Waals surface area (Å²) in [6, 6.07) is 8.85. The molecular weight excluding hydrogens is 300 g/mol. The lowest BCUT2D eigenvalue weighted by Crippen LogP contribution is -2.38. The summed E-state index contributed by atoms with van der Waals surface area (Å²) in [5.41, 5.74) is 2.68. The van der Waals surface area contributed by atoms with E-state index in [9.17, 15) is 0 Å². The zero-order chi connectivity index (χ0) is 17.2. The van der Waals surface area contributed by atoms with Crippen molar-refractivity contribution in [1.82, 2.24) is 15.5 Å². The number of methoxy groups -OCH3 is 1. The van der Waals surface area contributed by atoms with Gasteiger partial charge in [-0.05, 0) is 43.0 Å². The largest absolute Gasteiger partial charge is 0.383 e. The van der Waals surface area contributed by atoms with Crippen LogP contribution in [0.2, 0.25) is 0 Å². The van der Waals surface area contributed by atoms with Crippen LogP contribution in [0.15, 0.2) is 29.3 Å². The summed E-state index contributed by atoms with van der Waals surface area (Å²) in [4.78, 5) is 6.80. The Hall–Kier alpha value is -1.59. The van der Waals surface area contributed by atoms with Gasteiger partial charge in [-0.25, -0.2) is 0 Å². The molecule has 1 heterocycles. The molecule has 0 aliphatic carbocycles. The molecule has 0 aromatic heterocycles. The summed E-state index contributed by atoms with van der Waals surface area (Å²) in [5, 5.41) is 6.58. The normalized spacial score (nSPS) is 17.0. The number of rotatable bonds is 7. The smallest absolute Gasteiger partial charge is 0.191 e. The van der Waals surface area contributed by atoms with E-state index < -0.39 is 0 Å². The molecule has 0 bridgehead atoms. The van der Waals surface area contributed by atoms with Gasteiger partial charge in [-0.2, -0.15) is 0 Å². The van der Waals surface area contributed by atoms with Gasteiger partial charge < -0.3 is 15.4 Å². The molecule has 5 nitrogen and oxygen atoms in total. The maximum absolute atomic E-state index is 5.04. The Morgan fingerprint density at radius 3 is 2.71 bits per heavy atom. The lowest BCUT2D eigenvalue weighted by atomic mass is 9.98. The van der Waals surface area contributed by atoms with Crippen molar-refractivity contribution >= 4 is 5.96 Å². The fourth-order valence-corrected chi connectivity index (χ4v) is 2.99. The van der Waals surface area contributed by atoms with Crippen molar-refractivity contribution < 1.29 is 4.74 Å².